The highest BCUT2D eigenvalue weighted by Gasteiger charge is 1.90. The van der Waals surface area contributed by atoms with Gasteiger partial charge in [0.1, 0.15) is 5.94 Å². The van der Waals surface area contributed by atoms with E-state index in [-0.39, 0.29) is 5.57 Å². The minimum Gasteiger partial charge on any atom is -0.297 e. The average molecular weight is 186 g/mol. The Hall–Kier alpha value is -1.92. The molecule has 70 valence electrons. The Balaban J connectivity index is 2.58. The van der Waals surface area contributed by atoms with Crippen LogP contribution in [0.15, 0.2) is 42.0 Å². The van der Waals surface area contributed by atoms with Gasteiger partial charge in [-0.1, -0.05) is 42.5 Å². The molecule has 0 heterocycles. The van der Waals surface area contributed by atoms with Crippen molar-refractivity contribution in [1.29, 1.82) is 0 Å². The predicted molar refractivity (Wildman–Crippen MR) is 55.4 cm³/mol. The molecule has 2 heteroatoms. The fraction of sp³-hybridized carbons (Fsp3) is 0.0833. The first-order valence-electron chi connectivity index (χ1n) is 4.27. The first-order valence-corrected chi connectivity index (χ1v) is 4.27. The molecule has 0 saturated heterocycles. The van der Waals surface area contributed by atoms with Gasteiger partial charge in [0.2, 0.25) is 0 Å². The molecule has 0 amide bonds. The Bertz CT molecular complexity index is 371. The molecule has 1 aromatic carbocycles. The monoisotopic (exact) mass is 186 g/mol. The summed E-state index contributed by atoms with van der Waals surface area (Å²) in [7, 11) is 0. The van der Waals surface area contributed by atoms with E-state index in [0.717, 1.165) is 5.56 Å². The molecule has 0 saturated carbocycles. The smallest absolute Gasteiger partial charge is 0.157 e. The van der Waals surface area contributed by atoms with Crippen LogP contribution in [0.25, 0.3) is 6.08 Å². The van der Waals surface area contributed by atoms with E-state index in [4.69, 9.17) is 0 Å². The second kappa shape index (κ2) is 5.68. The van der Waals surface area contributed by atoms with Crippen LogP contribution < -0.4 is 0 Å². The quantitative estimate of drug-likeness (QED) is 0.409. The van der Waals surface area contributed by atoms with Crippen LogP contribution in [0.3, 0.4) is 0 Å². The Morgan fingerprint density at radius 1 is 1.29 bits per heavy atom. The number of hydrogen-bond acceptors (Lipinski definition) is 2. The third-order valence-corrected chi connectivity index (χ3v) is 1.72. The molecule has 0 spiro atoms. The molecule has 14 heavy (non-hydrogen) atoms. The molecule has 0 fully saturated rings. The van der Waals surface area contributed by atoms with E-state index in [1.807, 2.05) is 36.4 Å². The Morgan fingerprint density at radius 2 is 2.00 bits per heavy atom. The van der Waals surface area contributed by atoms with Crippen LogP contribution in [0.4, 0.5) is 0 Å². The van der Waals surface area contributed by atoms with E-state index in [1.165, 1.54) is 0 Å². The van der Waals surface area contributed by atoms with Crippen LogP contribution in [0, 0.1) is 0 Å². The number of carbonyl (C=O) groups is 1. The molecular formula is C12H10O2. The van der Waals surface area contributed by atoms with Crippen LogP contribution in [-0.2, 0) is 9.59 Å². The third kappa shape index (κ3) is 3.21. The molecule has 0 radical (unpaired) electrons. The lowest BCUT2D eigenvalue weighted by atomic mass is 10.1. The van der Waals surface area contributed by atoms with Crippen molar-refractivity contribution in [2.75, 3.05) is 0 Å². The summed E-state index contributed by atoms with van der Waals surface area (Å²) in [5.74, 6) is 1.59. The van der Waals surface area contributed by atoms with E-state index in [1.54, 1.807) is 12.0 Å². The molecular weight excluding hydrogens is 176 g/mol. The van der Waals surface area contributed by atoms with Crippen LogP contribution >= 0.6 is 0 Å². The molecule has 0 aliphatic carbocycles. The maximum Gasteiger partial charge on any atom is 0.157 e. The van der Waals surface area contributed by atoms with Gasteiger partial charge in [0.05, 0.1) is 5.57 Å². The van der Waals surface area contributed by atoms with Crippen molar-refractivity contribution in [3.63, 3.8) is 0 Å². The third-order valence-electron chi connectivity index (χ3n) is 1.72. The molecule has 1 aromatic rings. The van der Waals surface area contributed by atoms with Crippen molar-refractivity contribution in [2.24, 2.45) is 0 Å². The SMILES string of the molecule is O=C=C(C=O)C/C=C/c1ccccc1. The van der Waals surface area contributed by atoms with E-state index in [9.17, 15) is 9.59 Å². The van der Waals surface area contributed by atoms with Gasteiger partial charge < -0.3 is 0 Å². The first kappa shape index (κ1) is 10.2. The van der Waals surface area contributed by atoms with Gasteiger partial charge in [0, 0.05) is 6.42 Å². The number of aldehydes is 1. The number of hydrogen-bond donors (Lipinski definition) is 0. The van der Waals surface area contributed by atoms with Crippen molar-refractivity contribution in [2.45, 2.75) is 6.42 Å². The van der Waals surface area contributed by atoms with Crippen LogP contribution in [0.5, 0.6) is 0 Å². The topological polar surface area (TPSA) is 34.1 Å². The fourth-order valence-corrected chi connectivity index (χ4v) is 1.000. The maximum atomic E-state index is 10.2. The number of rotatable bonds is 4. The van der Waals surface area contributed by atoms with Gasteiger partial charge >= 0.3 is 0 Å². The lowest BCUT2D eigenvalue weighted by molar-refractivity contribution is -0.104. The van der Waals surface area contributed by atoms with Gasteiger partial charge in [-0.05, 0) is 5.56 Å². The molecule has 0 N–H and O–H groups in total. The van der Waals surface area contributed by atoms with Crippen LogP contribution in [0.2, 0.25) is 0 Å². The van der Waals surface area contributed by atoms with Gasteiger partial charge in [-0.2, -0.15) is 0 Å². The summed E-state index contributed by atoms with van der Waals surface area (Å²) in [5, 5.41) is 0. The molecule has 0 unspecified atom stereocenters. The van der Waals surface area contributed by atoms with Crippen molar-refractivity contribution in [3.8, 4) is 0 Å². The predicted octanol–water partition coefficient (Wildman–Crippen LogP) is 2.05. The van der Waals surface area contributed by atoms with Gasteiger partial charge in [0.15, 0.2) is 6.29 Å². The van der Waals surface area contributed by atoms with Gasteiger partial charge in [-0.15, -0.1) is 0 Å². The summed E-state index contributed by atoms with van der Waals surface area (Å²) in [6.07, 6.45) is 4.50. The van der Waals surface area contributed by atoms with E-state index >= 15 is 0 Å². The zero-order valence-corrected chi connectivity index (χ0v) is 7.64. The normalized spacial score (nSPS) is 9.71. The van der Waals surface area contributed by atoms with Crippen LogP contribution in [0.1, 0.15) is 12.0 Å². The molecule has 0 atom stereocenters. The highest BCUT2D eigenvalue weighted by molar-refractivity contribution is 5.86. The zero-order valence-electron chi connectivity index (χ0n) is 7.64. The van der Waals surface area contributed by atoms with Crippen molar-refractivity contribution in [1.82, 2.24) is 0 Å². The van der Waals surface area contributed by atoms with Gasteiger partial charge in [-0.3, -0.25) is 4.79 Å². The highest BCUT2D eigenvalue weighted by Crippen LogP contribution is 2.03. The number of carbonyl (C=O) groups excluding carboxylic acids is 2. The van der Waals surface area contributed by atoms with Crippen molar-refractivity contribution >= 4 is 18.3 Å². The largest absolute Gasteiger partial charge is 0.297 e. The highest BCUT2D eigenvalue weighted by atomic mass is 16.1. The molecule has 1 rings (SSSR count). The zero-order chi connectivity index (χ0) is 10.2. The summed E-state index contributed by atoms with van der Waals surface area (Å²) in [6.45, 7) is 0. The standard InChI is InChI=1S/C12H10O2/c13-9-12(10-14)8-4-7-11-5-2-1-3-6-11/h1-7,9H,8H2/b7-4+. The molecule has 0 bridgehead atoms. The second-order valence-electron chi connectivity index (χ2n) is 2.76. The van der Waals surface area contributed by atoms with E-state index in [0.29, 0.717) is 12.7 Å². The van der Waals surface area contributed by atoms with E-state index < -0.39 is 0 Å². The number of allylic oxidation sites excluding steroid dienone is 2. The summed E-state index contributed by atoms with van der Waals surface area (Å²) >= 11 is 0. The Kier molecular flexibility index (Phi) is 4.12. The van der Waals surface area contributed by atoms with Gasteiger partial charge in [-0.25, -0.2) is 4.79 Å². The van der Waals surface area contributed by atoms with Crippen molar-refractivity contribution < 1.29 is 9.59 Å². The maximum absolute atomic E-state index is 10.2. The van der Waals surface area contributed by atoms with Crippen molar-refractivity contribution in [3.05, 3.63) is 47.5 Å². The Labute approximate surface area is 82.6 Å². The minimum atomic E-state index is 0.136. The fourth-order valence-electron chi connectivity index (χ4n) is 1.000. The second-order valence-corrected chi connectivity index (χ2v) is 2.76. The minimum absolute atomic E-state index is 0.136. The lowest BCUT2D eigenvalue weighted by Crippen LogP contribution is -1.82. The summed E-state index contributed by atoms with van der Waals surface area (Å²) in [5.41, 5.74) is 1.18. The summed E-state index contributed by atoms with van der Waals surface area (Å²) in [4.78, 5) is 20.4. The molecule has 2 nitrogen and oxygen atoms in total. The summed E-state index contributed by atoms with van der Waals surface area (Å²) < 4.78 is 0. The molecule has 0 aliphatic heterocycles. The molecule has 0 aromatic heterocycles. The van der Waals surface area contributed by atoms with E-state index in [2.05, 4.69) is 0 Å². The lowest BCUT2D eigenvalue weighted by Gasteiger charge is -1.90. The Morgan fingerprint density at radius 3 is 2.57 bits per heavy atom. The number of benzene rings is 1. The van der Waals surface area contributed by atoms with Crippen LogP contribution in [-0.4, -0.2) is 12.2 Å². The van der Waals surface area contributed by atoms with Gasteiger partial charge in [0.25, 0.3) is 0 Å². The average Bonchev–Trinajstić information content (AvgIpc) is 2.26. The first-order chi connectivity index (χ1) is 6.86. The summed E-state index contributed by atoms with van der Waals surface area (Å²) in [6, 6.07) is 9.68. The molecule has 0 aliphatic rings.